The maximum absolute atomic E-state index is 12.5. The van der Waals surface area contributed by atoms with Gasteiger partial charge in [-0.05, 0) is 55.1 Å². The van der Waals surface area contributed by atoms with Crippen molar-refractivity contribution in [3.63, 3.8) is 0 Å². The average molecular weight is 372 g/mol. The van der Waals surface area contributed by atoms with Crippen molar-refractivity contribution in [2.45, 2.75) is 26.9 Å². The standard InChI is InChI=1S/C19H21N3OS2/c1-13-8-9-24-18(13)10-20-16-6-4-15(5-7-16)19(23)22(3)11-17-12-25-14(2)21-17/h4-9,12,20H,10-11H2,1-3H3. The third-order valence-corrected chi connectivity index (χ3v) is 5.81. The third kappa shape index (κ3) is 4.46. The lowest BCUT2D eigenvalue weighted by molar-refractivity contribution is 0.0783. The molecular weight excluding hydrogens is 350 g/mol. The molecular formula is C19H21N3OS2. The molecule has 4 nitrogen and oxygen atoms in total. The van der Waals surface area contributed by atoms with Crippen molar-refractivity contribution in [3.05, 3.63) is 67.8 Å². The van der Waals surface area contributed by atoms with Gasteiger partial charge in [0, 0.05) is 35.1 Å². The molecule has 0 bridgehead atoms. The van der Waals surface area contributed by atoms with Crippen molar-refractivity contribution in [3.8, 4) is 0 Å². The van der Waals surface area contributed by atoms with E-state index in [4.69, 9.17) is 0 Å². The van der Waals surface area contributed by atoms with E-state index in [1.54, 1.807) is 27.6 Å². The van der Waals surface area contributed by atoms with Crippen molar-refractivity contribution in [2.24, 2.45) is 0 Å². The van der Waals surface area contributed by atoms with Crippen LogP contribution in [0.25, 0.3) is 0 Å². The van der Waals surface area contributed by atoms with Crippen LogP contribution in [0, 0.1) is 13.8 Å². The van der Waals surface area contributed by atoms with E-state index in [2.05, 4.69) is 28.7 Å². The number of thiophene rings is 1. The van der Waals surface area contributed by atoms with Gasteiger partial charge in [-0.25, -0.2) is 4.98 Å². The summed E-state index contributed by atoms with van der Waals surface area (Å²) in [7, 11) is 1.81. The van der Waals surface area contributed by atoms with E-state index in [1.807, 2.05) is 43.6 Å². The summed E-state index contributed by atoms with van der Waals surface area (Å²) in [6.45, 7) is 5.43. The Bertz CT molecular complexity index is 852. The van der Waals surface area contributed by atoms with Crippen LogP contribution in [0.2, 0.25) is 0 Å². The van der Waals surface area contributed by atoms with Crippen molar-refractivity contribution >= 4 is 34.3 Å². The molecule has 0 radical (unpaired) electrons. The summed E-state index contributed by atoms with van der Waals surface area (Å²) in [5, 5.41) is 8.53. The number of hydrogen-bond acceptors (Lipinski definition) is 5. The Balaban J connectivity index is 1.59. The highest BCUT2D eigenvalue weighted by Crippen LogP contribution is 2.19. The number of aryl methyl sites for hydroxylation is 2. The lowest BCUT2D eigenvalue weighted by atomic mass is 10.1. The first kappa shape index (κ1) is 17.6. The number of nitrogens with zero attached hydrogens (tertiary/aromatic N) is 2. The summed E-state index contributed by atoms with van der Waals surface area (Å²) >= 11 is 3.36. The minimum atomic E-state index is 0.00584. The second kappa shape index (κ2) is 7.80. The Labute approximate surface area is 156 Å². The molecule has 6 heteroatoms. The zero-order chi connectivity index (χ0) is 17.8. The highest BCUT2D eigenvalue weighted by atomic mass is 32.1. The molecule has 3 aromatic rings. The van der Waals surface area contributed by atoms with Gasteiger partial charge < -0.3 is 10.2 Å². The number of hydrogen-bond donors (Lipinski definition) is 1. The van der Waals surface area contributed by atoms with Crippen molar-refractivity contribution in [1.29, 1.82) is 0 Å². The van der Waals surface area contributed by atoms with E-state index in [0.717, 1.165) is 22.9 Å². The molecule has 0 saturated heterocycles. The van der Waals surface area contributed by atoms with Crippen LogP contribution in [0.5, 0.6) is 0 Å². The van der Waals surface area contributed by atoms with Gasteiger partial charge in [-0.15, -0.1) is 22.7 Å². The van der Waals surface area contributed by atoms with Gasteiger partial charge in [0.05, 0.1) is 17.2 Å². The van der Waals surface area contributed by atoms with Crippen LogP contribution < -0.4 is 5.32 Å². The normalized spacial score (nSPS) is 10.7. The molecule has 130 valence electrons. The van der Waals surface area contributed by atoms with Crippen LogP contribution in [0.3, 0.4) is 0 Å². The number of rotatable bonds is 6. The zero-order valence-corrected chi connectivity index (χ0v) is 16.2. The van der Waals surface area contributed by atoms with E-state index in [1.165, 1.54) is 10.4 Å². The molecule has 25 heavy (non-hydrogen) atoms. The summed E-state index contributed by atoms with van der Waals surface area (Å²) in [4.78, 5) is 20.0. The Hall–Kier alpha value is -2.18. The second-order valence-electron chi connectivity index (χ2n) is 5.98. The summed E-state index contributed by atoms with van der Waals surface area (Å²) in [6.07, 6.45) is 0. The average Bonchev–Trinajstić information content (AvgIpc) is 3.21. The topological polar surface area (TPSA) is 45.2 Å². The zero-order valence-electron chi connectivity index (χ0n) is 14.6. The van der Waals surface area contributed by atoms with Gasteiger partial charge in [0.25, 0.3) is 5.91 Å². The first-order valence-corrected chi connectivity index (χ1v) is 9.82. The molecule has 3 rings (SSSR count). The summed E-state index contributed by atoms with van der Waals surface area (Å²) in [5.41, 5.74) is 3.94. The molecule has 0 spiro atoms. The molecule has 0 fully saturated rings. The molecule has 1 N–H and O–H groups in total. The first-order chi connectivity index (χ1) is 12.0. The van der Waals surface area contributed by atoms with Gasteiger partial charge in [0.2, 0.25) is 0 Å². The molecule has 2 aromatic heterocycles. The number of nitrogens with one attached hydrogen (secondary N) is 1. The SMILES string of the molecule is Cc1nc(CN(C)C(=O)c2ccc(NCc3sccc3C)cc2)cs1. The minimum Gasteiger partial charge on any atom is -0.380 e. The summed E-state index contributed by atoms with van der Waals surface area (Å²) in [6, 6.07) is 9.78. The smallest absolute Gasteiger partial charge is 0.253 e. The molecule has 0 saturated carbocycles. The fourth-order valence-corrected chi connectivity index (χ4v) is 3.96. The second-order valence-corrected chi connectivity index (χ2v) is 8.04. The van der Waals surface area contributed by atoms with Gasteiger partial charge in [-0.2, -0.15) is 0 Å². The monoisotopic (exact) mass is 371 g/mol. The van der Waals surface area contributed by atoms with Crippen LogP contribution in [0.15, 0.2) is 41.1 Å². The fourth-order valence-electron chi connectivity index (χ4n) is 2.51. The minimum absolute atomic E-state index is 0.00584. The number of thiazole rings is 1. The summed E-state index contributed by atoms with van der Waals surface area (Å²) in [5.74, 6) is 0.00584. The largest absolute Gasteiger partial charge is 0.380 e. The molecule has 1 amide bonds. The van der Waals surface area contributed by atoms with Gasteiger partial charge in [0.1, 0.15) is 0 Å². The van der Waals surface area contributed by atoms with Crippen LogP contribution in [0.1, 0.15) is 31.5 Å². The number of benzene rings is 1. The van der Waals surface area contributed by atoms with Crippen molar-refractivity contribution < 1.29 is 4.79 Å². The molecule has 0 aliphatic carbocycles. The lowest BCUT2D eigenvalue weighted by Crippen LogP contribution is -2.26. The molecule has 0 unspecified atom stereocenters. The Kier molecular flexibility index (Phi) is 5.50. The number of carbonyl (C=O) groups excluding carboxylic acids is 1. The molecule has 2 heterocycles. The Morgan fingerprint density at radius 1 is 1.16 bits per heavy atom. The van der Waals surface area contributed by atoms with Crippen LogP contribution in [-0.2, 0) is 13.1 Å². The quantitative estimate of drug-likeness (QED) is 0.683. The van der Waals surface area contributed by atoms with Crippen LogP contribution in [0.4, 0.5) is 5.69 Å². The number of carbonyl (C=O) groups is 1. The molecule has 0 atom stereocenters. The third-order valence-electron chi connectivity index (χ3n) is 3.97. The van der Waals surface area contributed by atoms with Crippen molar-refractivity contribution in [2.75, 3.05) is 12.4 Å². The predicted molar refractivity (Wildman–Crippen MR) is 105 cm³/mol. The van der Waals surface area contributed by atoms with E-state index in [-0.39, 0.29) is 5.91 Å². The lowest BCUT2D eigenvalue weighted by Gasteiger charge is -2.16. The van der Waals surface area contributed by atoms with E-state index in [0.29, 0.717) is 12.1 Å². The highest BCUT2D eigenvalue weighted by molar-refractivity contribution is 7.10. The van der Waals surface area contributed by atoms with Crippen LogP contribution in [-0.4, -0.2) is 22.8 Å². The van der Waals surface area contributed by atoms with Gasteiger partial charge in [-0.1, -0.05) is 0 Å². The number of anilines is 1. The number of aromatic nitrogens is 1. The maximum Gasteiger partial charge on any atom is 0.253 e. The van der Waals surface area contributed by atoms with E-state index in [9.17, 15) is 4.79 Å². The van der Waals surface area contributed by atoms with Crippen molar-refractivity contribution in [1.82, 2.24) is 9.88 Å². The van der Waals surface area contributed by atoms with Gasteiger partial charge >= 0.3 is 0 Å². The number of amides is 1. The fraction of sp³-hybridized carbons (Fsp3) is 0.263. The highest BCUT2D eigenvalue weighted by Gasteiger charge is 2.13. The maximum atomic E-state index is 12.5. The van der Waals surface area contributed by atoms with Gasteiger partial charge in [-0.3, -0.25) is 4.79 Å². The molecule has 0 aliphatic heterocycles. The van der Waals surface area contributed by atoms with E-state index >= 15 is 0 Å². The summed E-state index contributed by atoms with van der Waals surface area (Å²) < 4.78 is 0. The van der Waals surface area contributed by atoms with E-state index < -0.39 is 0 Å². The van der Waals surface area contributed by atoms with Crippen LogP contribution >= 0.6 is 22.7 Å². The Morgan fingerprint density at radius 2 is 1.92 bits per heavy atom. The Morgan fingerprint density at radius 3 is 2.52 bits per heavy atom. The molecule has 0 aliphatic rings. The first-order valence-electron chi connectivity index (χ1n) is 8.06. The predicted octanol–water partition coefficient (Wildman–Crippen LogP) is 4.71. The van der Waals surface area contributed by atoms with Gasteiger partial charge in [0.15, 0.2) is 0 Å². The molecule has 1 aromatic carbocycles.